The first-order valence-electron chi connectivity index (χ1n) is 7.15. The summed E-state index contributed by atoms with van der Waals surface area (Å²) in [5, 5.41) is 7.65. The van der Waals surface area contributed by atoms with Gasteiger partial charge >= 0.3 is 0 Å². The van der Waals surface area contributed by atoms with Crippen LogP contribution in [0.1, 0.15) is 18.7 Å². The summed E-state index contributed by atoms with van der Waals surface area (Å²) >= 11 is 1.70. The molecule has 0 aliphatic heterocycles. The van der Waals surface area contributed by atoms with Crippen molar-refractivity contribution in [3.05, 3.63) is 10.9 Å². The highest BCUT2D eigenvalue weighted by Crippen LogP contribution is 2.30. The number of anilines is 2. The van der Waals surface area contributed by atoms with E-state index in [4.69, 9.17) is 0 Å². The lowest BCUT2D eigenvalue weighted by Crippen LogP contribution is -2.34. The number of aryl methyl sites for hydroxylation is 1. The quantitative estimate of drug-likeness (QED) is 0.859. The molecule has 5 nitrogen and oxygen atoms in total. The molecule has 0 aliphatic rings. The third kappa shape index (κ3) is 4.04. The summed E-state index contributed by atoms with van der Waals surface area (Å²) in [4.78, 5) is 13.6. The Labute approximate surface area is 130 Å². The molecule has 0 fully saturated rings. The van der Waals surface area contributed by atoms with Crippen molar-refractivity contribution in [3.8, 4) is 0 Å². The Bertz CT molecular complexity index is 618. The molecule has 0 aliphatic carbocycles. The summed E-state index contributed by atoms with van der Waals surface area (Å²) in [5.74, 6) is 1.58. The number of thiophene rings is 1. The van der Waals surface area contributed by atoms with E-state index in [0.29, 0.717) is 5.95 Å². The van der Waals surface area contributed by atoms with E-state index in [0.717, 1.165) is 29.1 Å². The maximum Gasteiger partial charge on any atom is 0.225 e. The minimum atomic E-state index is 0.172. The molecule has 0 aromatic carbocycles. The average molecular weight is 307 g/mol. The highest BCUT2D eigenvalue weighted by atomic mass is 32.1. The average Bonchev–Trinajstić information content (AvgIpc) is 2.74. The van der Waals surface area contributed by atoms with Gasteiger partial charge in [-0.3, -0.25) is 0 Å². The van der Waals surface area contributed by atoms with E-state index < -0.39 is 0 Å². The fourth-order valence-electron chi connectivity index (χ4n) is 2.52. The van der Waals surface area contributed by atoms with Crippen molar-refractivity contribution in [3.63, 3.8) is 0 Å². The minimum Gasteiger partial charge on any atom is -0.369 e. The van der Waals surface area contributed by atoms with Crippen molar-refractivity contribution in [2.75, 3.05) is 44.9 Å². The van der Waals surface area contributed by atoms with Crippen molar-refractivity contribution < 1.29 is 0 Å². The van der Waals surface area contributed by atoms with Crippen molar-refractivity contribution in [2.24, 2.45) is 5.41 Å². The van der Waals surface area contributed by atoms with Gasteiger partial charge in [0, 0.05) is 25.0 Å². The van der Waals surface area contributed by atoms with Gasteiger partial charge in [0.2, 0.25) is 5.95 Å². The molecule has 0 bridgehead atoms. The first-order valence-corrected chi connectivity index (χ1v) is 7.97. The molecule has 0 spiro atoms. The molecular weight excluding hydrogens is 282 g/mol. The summed E-state index contributed by atoms with van der Waals surface area (Å²) in [5.41, 5.74) is 0.172. The van der Waals surface area contributed by atoms with Crippen molar-refractivity contribution in [2.45, 2.75) is 20.8 Å². The van der Waals surface area contributed by atoms with Gasteiger partial charge in [-0.15, -0.1) is 11.3 Å². The molecule has 116 valence electrons. The number of aromatic nitrogens is 2. The predicted molar refractivity (Wildman–Crippen MR) is 92.5 cm³/mol. The second kappa shape index (κ2) is 6.15. The van der Waals surface area contributed by atoms with Crippen molar-refractivity contribution in [1.82, 2.24) is 14.9 Å². The highest BCUT2D eigenvalue weighted by Gasteiger charge is 2.20. The van der Waals surface area contributed by atoms with Crippen LogP contribution in [0.25, 0.3) is 10.2 Å². The summed E-state index contributed by atoms with van der Waals surface area (Å²) in [7, 11) is 6.05. The number of nitrogens with one attached hydrogen (secondary N) is 2. The molecule has 21 heavy (non-hydrogen) atoms. The molecule has 2 aromatic heterocycles. The van der Waals surface area contributed by atoms with E-state index in [2.05, 4.69) is 66.4 Å². The van der Waals surface area contributed by atoms with E-state index in [1.807, 2.05) is 7.05 Å². The zero-order chi connectivity index (χ0) is 15.6. The molecule has 2 heterocycles. The topological polar surface area (TPSA) is 53.1 Å². The molecule has 2 rings (SSSR count). The Hall–Kier alpha value is -1.40. The van der Waals surface area contributed by atoms with Crippen LogP contribution in [0.4, 0.5) is 11.8 Å². The Morgan fingerprint density at radius 2 is 2.00 bits per heavy atom. The molecular formula is C15H25N5S. The summed E-state index contributed by atoms with van der Waals surface area (Å²) < 4.78 is 0. The van der Waals surface area contributed by atoms with Gasteiger partial charge in [-0.1, -0.05) is 13.8 Å². The lowest BCUT2D eigenvalue weighted by molar-refractivity contribution is 0.254. The van der Waals surface area contributed by atoms with Crippen LogP contribution in [0.3, 0.4) is 0 Å². The van der Waals surface area contributed by atoms with Gasteiger partial charge < -0.3 is 15.5 Å². The van der Waals surface area contributed by atoms with E-state index in [1.54, 1.807) is 11.3 Å². The molecule has 0 unspecified atom stereocenters. The maximum absolute atomic E-state index is 4.57. The molecule has 2 aromatic rings. The Balaban J connectivity index is 2.24. The van der Waals surface area contributed by atoms with Gasteiger partial charge in [0.25, 0.3) is 0 Å². The van der Waals surface area contributed by atoms with Crippen molar-refractivity contribution in [1.29, 1.82) is 0 Å². The van der Waals surface area contributed by atoms with Gasteiger partial charge in [-0.05, 0) is 32.5 Å². The van der Waals surface area contributed by atoms with Crippen molar-refractivity contribution >= 4 is 33.3 Å². The minimum absolute atomic E-state index is 0.172. The fourth-order valence-corrected chi connectivity index (χ4v) is 3.40. The van der Waals surface area contributed by atoms with Gasteiger partial charge in [0.05, 0.1) is 5.39 Å². The SMILES string of the molecule is CNc1nc(NCC(C)(C)CN(C)C)c2cc(C)sc2n1. The molecule has 0 saturated heterocycles. The first-order chi connectivity index (χ1) is 9.80. The van der Waals surface area contributed by atoms with E-state index in [9.17, 15) is 0 Å². The number of rotatable bonds is 6. The normalized spacial score (nSPS) is 12.1. The van der Waals surface area contributed by atoms with Crippen LogP contribution in [0.15, 0.2) is 6.07 Å². The second-order valence-electron chi connectivity index (χ2n) is 6.48. The molecule has 0 atom stereocenters. The third-order valence-electron chi connectivity index (χ3n) is 3.22. The standard InChI is InChI=1S/C15H25N5S/c1-10-7-11-12(17-8-15(2,3)9-20(5)6)18-14(16-4)19-13(11)21-10/h7H,8-9H2,1-6H3,(H2,16,17,18,19). The van der Waals surface area contributed by atoms with Gasteiger partial charge in [0.1, 0.15) is 10.6 Å². The van der Waals surface area contributed by atoms with Gasteiger partial charge in [-0.2, -0.15) is 4.98 Å². The van der Waals surface area contributed by atoms with Crippen LogP contribution < -0.4 is 10.6 Å². The largest absolute Gasteiger partial charge is 0.369 e. The Kier molecular flexibility index (Phi) is 4.68. The van der Waals surface area contributed by atoms with Crippen LogP contribution in [0.5, 0.6) is 0 Å². The van der Waals surface area contributed by atoms with Crippen LogP contribution in [0, 0.1) is 12.3 Å². The first kappa shape index (κ1) is 16.0. The maximum atomic E-state index is 4.57. The smallest absolute Gasteiger partial charge is 0.225 e. The molecule has 2 N–H and O–H groups in total. The molecule has 6 heteroatoms. The summed E-state index contributed by atoms with van der Waals surface area (Å²) in [6.07, 6.45) is 0. The number of hydrogen-bond donors (Lipinski definition) is 2. The number of fused-ring (bicyclic) bond motifs is 1. The van der Waals surface area contributed by atoms with Crippen LogP contribution in [-0.4, -0.2) is 49.1 Å². The number of hydrogen-bond acceptors (Lipinski definition) is 6. The van der Waals surface area contributed by atoms with Crippen LogP contribution in [-0.2, 0) is 0 Å². The summed E-state index contributed by atoms with van der Waals surface area (Å²) in [6.45, 7) is 8.52. The summed E-state index contributed by atoms with van der Waals surface area (Å²) in [6, 6.07) is 2.15. The number of nitrogens with zero attached hydrogens (tertiary/aromatic N) is 3. The lowest BCUT2D eigenvalue weighted by atomic mass is 9.93. The highest BCUT2D eigenvalue weighted by molar-refractivity contribution is 7.18. The Morgan fingerprint density at radius 1 is 1.29 bits per heavy atom. The van der Waals surface area contributed by atoms with Crippen LogP contribution in [0.2, 0.25) is 0 Å². The zero-order valence-electron chi connectivity index (χ0n) is 13.7. The second-order valence-corrected chi connectivity index (χ2v) is 7.71. The molecule has 0 amide bonds. The third-order valence-corrected chi connectivity index (χ3v) is 4.16. The van der Waals surface area contributed by atoms with Gasteiger partial charge in [-0.25, -0.2) is 4.98 Å². The molecule has 0 saturated carbocycles. The van der Waals surface area contributed by atoms with Gasteiger partial charge in [0.15, 0.2) is 0 Å². The zero-order valence-corrected chi connectivity index (χ0v) is 14.6. The monoisotopic (exact) mass is 307 g/mol. The fraction of sp³-hybridized carbons (Fsp3) is 0.600. The van der Waals surface area contributed by atoms with E-state index in [-0.39, 0.29) is 5.41 Å². The molecule has 0 radical (unpaired) electrons. The van der Waals surface area contributed by atoms with E-state index >= 15 is 0 Å². The van der Waals surface area contributed by atoms with E-state index in [1.165, 1.54) is 4.88 Å². The van der Waals surface area contributed by atoms with Crippen LogP contribution >= 0.6 is 11.3 Å². The lowest BCUT2D eigenvalue weighted by Gasteiger charge is -2.28. The predicted octanol–water partition coefficient (Wildman–Crippen LogP) is 3.04. The Morgan fingerprint density at radius 3 is 2.62 bits per heavy atom.